The number of carbonyl (C=O) groups excluding carboxylic acids is 2. The van der Waals surface area contributed by atoms with Crippen molar-refractivity contribution >= 4 is 17.5 Å². The number of azo groups is 1. The first-order valence-corrected chi connectivity index (χ1v) is 8.75. The highest BCUT2D eigenvalue weighted by atomic mass is 19.1. The third-order valence-corrected chi connectivity index (χ3v) is 4.72. The molecule has 1 atom stereocenters. The Kier molecular flexibility index (Phi) is 5.00. The van der Waals surface area contributed by atoms with E-state index in [0.717, 1.165) is 42.4 Å². The summed E-state index contributed by atoms with van der Waals surface area (Å²) >= 11 is 0. The van der Waals surface area contributed by atoms with Crippen molar-refractivity contribution < 1.29 is 19.1 Å². The Bertz CT molecular complexity index is 809. The summed E-state index contributed by atoms with van der Waals surface area (Å²) in [5.74, 6) is -1.51. The van der Waals surface area contributed by atoms with Gasteiger partial charge in [-0.05, 0) is 62.8 Å². The third kappa shape index (κ3) is 3.88. The molecular weight excluding hydrogens is 337 g/mol. The molecule has 138 valence electrons. The zero-order valence-electron chi connectivity index (χ0n) is 14.9. The van der Waals surface area contributed by atoms with Crippen molar-refractivity contribution in [3.63, 3.8) is 0 Å². The Morgan fingerprint density at radius 2 is 2.08 bits per heavy atom. The molecule has 0 spiro atoms. The lowest BCUT2D eigenvalue weighted by Gasteiger charge is -2.26. The number of aliphatic hydroxyl groups is 1. The molecule has 1 aromatic carbocycles. The molecule has 1 heterocycles. The zero-order valence-corrected chi connectivity index (χ0v) is 14.9. The molecule has 1 aliphatic carbocycles. The van der Waals surface area contributed by atoms with E-state index >= 15 is 0 Å². The van der Waals surface area contributed by atoms with Crippen molar-refractivity contribution in [2.75, 3.05) is 5.32 Å². The van der Waals surface area contributed by atoms with Crippen LogP contribution in [0.3, 0.4) is 0 Å². The van der Waals surface area contributed by atoms with E-state index < -0.39 is 17.3 Å². The van der Waals surface area contributed by atoms with Crippen LogP contribution in [-0.2, 0) is 16.0 Å². The zero-order chi connectivity index (χ0) is 18.9. The van der Waals surface area contributed by atoms with Gasteiger partial charge in [-0.15, -0.1) is 5.11 Å². The highest BCUT2D eigenvalue weighted by Crippen LogP contribution is 2.34. The predicted octanol–water partition coefficient (Wildman–Crippen LogP) is 3.31. The van der Waals surface area contributed by atoms with E-state index in [0.29, 0.717) is 6.42 Å². The van der Waals surface area contributed by atoms with E-state index in [9.17, 15) is 19.1 Å². The van der Waals surface area contributed by atoms with E-state index in [1.54, 1.807) is 6.07 Å². The first-order valence-electron chi connectivity index (χ1n) is 8.75. The molecule has 2 N–H and O–H groups in total. The maximum atomic E-state index is 14.0. The minimum Gasteiger partial charge on any atom is -0.381 e. The van der Waals surface area contributed by atoms with Gasteiger partial charge in [0.1, 0.15) is 11.4 Å². The number of nitrogens with zero attached hydrogens (tertiary/aromatic N) is 2. The standard InChI is InChI=1S/C19H22FN3O3/c1-19(2,26)18(25)21-16-10-11(7-8-14(16)20)9-15-12-5-3-4-6-13(12)17(24)23-22-15/h7-8,10,15,26H,3-6,9H2,1-2H3,(H,21,25). The summed E-state index contributed by atoms with van der Waals surface area (Å²) in [7, 11) is 0. The summed E-state index contributed by atoms with van der Waals surface area (Å²) in [6, 6.07) is 4.21. The van der Waals surface area contributed by atoms with Gasteiger partial charge in [0.15, 0.2) is 0 Å². The van der Waals surface area contributed by atoms with Gasteiger partial charge in [-0.2, -0.15) is 5.11 Å². The fraction of sp³-hybridized carbons (Fsp3) is 0.474. The summed E-state index contributed by atoms with van der Waals surface area (Å²) in [4.78, 5) is 23.8. The van der Waals surface area contributed by atoms with Gasteiger partial charge in [-0.1, -0.05) is 6.07 Å². The van der Waals surface area contributed by atoms with E-state index in [1.165, 1.54) is 26.0 Å². The molecule has 2 amide bonds. The number of amides is 2. The van der Waals surface area contributed by atoms with Gasteiger partial charge in [-0.25, -0.2) is 4.39 Å². The molecule has 0 saturated carbocycles. The van der Waals surface area contributed by atoms with Gasteiger partial charge in [0.05, 0.1) is 11.7 Å². The van der Waals surface area contributed by atoms with Crippen LogP contribution in [0.15, 0.2) is 39.6 Å². The van der Waals surface area contributed by atoms with Crippen LogP contribution in [0.2, 0.25) is 0 Å². The topological polar surface area (TPSA) is 91.1 Å². The molecule has 0 bridgehead atoms. The number of halogens is 1. The molecule has 0 saturated heterocycles. The Morgan fingerprint density at radius 1 is 1.35 bits per heavy atom. The second-order valence-corrected chi connectivity index (χ2v) is 7.28. The quantitative estimate of drug-likeness (QED) is 0.864. The minimum absolute atomic E-state index is 0.0105. The Hall–Kier alpha value is -2.41. The van der Waals surface area contributed by atoms with Crippen molar-refractivity contribution in [2.24, 2.45) is 10.2 Å². The number of carbonyl (C=O) groups is 2. The van der Waals surface area contributed by atoms with Crippen LogP contribution >= 0.6 is 0 Å². The normalized spacial score (nSPS) is 20.2. The number of hydrogen-bond donors (Lipinski definition) is 2. The predicted molar refractivity (Wildman–Crippen MR) is 94.2 cm³/mol. The van der Waals surface area contributed by atoms with E-state index in [4.69, 9.17) is 0 Å². The monoisotopic (exact) mass is 359 g/mol. The largest absolute Gasteiger partial charge is 0.381 e. The Balaban J connectivity index is 1.81. The van der Waals surface area contributed by atoms with Crippen LogP contribution in [-0.4, -0.2) is 28.6 Å². The van der Waals surface area contributed by atoms with Crippen LogP contribution in [0.25, 0.3) is 0 Å². The SMILES string of the molecule is CC(C)(O)C(=O)Nc1cc(CC2N=NC(=O)C3=C2CCCC3)ccc1F. The van der Waals surface area contributed by atoms with Gasteiger partial charge in [0.25, 0.3) is 11.8 Å². The maximum absolute atomic E-state index is 14.0. The highest BCUT2D eigenvalue weighted by molar-refractivity contribution is 5.97. The third-order valence-electron chi connectivity index (χ3n) is 4.72. The van der Waals surface area contributed by atoms with Gasteiger partial charge in [0.2, 0.25) is 0 Å². The fourth-order valence-electron chi connectivity index (χ4n) is 3.25. The highest BCUT2D eigenvalue weighted by Gasteiger charge is 2.29. The summed E-state index contributed by atoms with van der Waals surface area (Å²) in [6.45, 7) is 2.67. The lowest BCUT2D eigenvalue weighted by Crippen LogP contribution is -2.37. The fourth-order valence-corrected chi connectivity index (χ4v) is 3.25. The molecule has 0 aromatic heterocycles. The van der Waals surface area contributed by atoms with Gasteiger partial charge >= 0.3 is 0 Å². The van der Waals surface area contributed by atoms with Crippen molar-refractivity contribution in [3.8, 4) is 0 Å². The number of benzene rings is 1. The first-order chi connectivity index (χ1) is 12.3. The summed E-state index contributed by atoms with van der Waals surface area (Å²) in [6.07, 6.45) is 4.04. The Morgan fingerprint density at radius 3 is 2.81 bits per heavy atom. The van der Waals surface area contributed by atoms with Crippen LogP contribution in [0.5, 0.6) is 0 Å². The first kappa shape index (κ1) is 18.4. The van der Waals surface area contributed by atoms with Gasteiger partial charge < -0.3 is 10.4 Å². The number of rotatable bonds is 4. The lowest BCUT2D eigenvalue weighted by molar-refractivity contribution is -0.130. The van der Waals surface area contributed by atoms with Crippen LogP contribution in [0.4, 0.5) is 10.1 Å². The second kappa shape index (κ2) is 7.07. The van der Waals surface area contributed by atoms with E-state index in [-0.39, 0.29) is 17.6 Å². The second-order valence-electron chi connectivity index (χ2n) is 7.28. The molecule has 7 heteroatoms. The summed E-state index contributed by atoms with van der Waals surface area (Å²) in [5, 5.41) is 20.0. The summed E-state index contributed by atoms with van der Waals surface area (Å²) < 4.78 is 14.0. The Labute approximate surface area is 151 Å². The minimum atomic E-state index is -1.61. The average Bonchev–Trinajstić information content (AvgIpc) is 2.59. The molecule has 0 fully saturated rings. The molecule has 1 unspecified atom stereocenters. The number of hydrogen-bond acceptors (Lipinski definition) is 4. The maximum Gasteiger partial charge on any atom is 0.291 e. The van der Waals surface area contributed by atoms with Crippen LogP contribution in [0, 0.1) is 5.82 Å². The average molecular weight is 359 g/mol. The van der Waals surface area contributed by atoms with Gasteiger partial charge in [-0.3, -0.25) is 9.59 Å². The van der Waals surface area contributed by atoms with Crippen LogP contribution < -0.4 is 5.32 Å². The van der Waals surface area contributed by atoms with Crippen molar-refractivity contribution in [3.05, 3.63) is 40.7 Å². The lowest BCUT2D eigenvalue weighted by atomic mass is 9.84. The molecule has 0 radical (unpaired) electrons. The molecule has 26 heavy (non-hydrogen) atoms. The number of anilines is 1. The van der Waals surface area contributed by atoms with Gasteiger partial charge in [0, 0.05) is 12.0 Å². The van der Waals surface area contributed by atoms with Crippen LogP contribution in [0.1, 0.15) is 45.1 Å². The smallest absolute Gasteiger partial charge is 0.291 e. The molecule has 1 aromatic rings. The van der Waals surface area contributed by atoms with E-state index in [1.807, 2.05) is 0 Å². The van der Waals surface area contributed by atoms with E-state index in [2.05, 4.69) is 15.5 Å². The van der Waals surface area contributed by atoms with Crippen molar-refractivity contribution in [1.29, 1.82) is 0 Å². The molecule has 3 rings (SSSR count). The van der Waals surface area contributed by atoms with Crippen molar-refractivity contribution in [2.45, 2.75) is 57.6 Å². The molecule has 2 aliphatic rings. The van der Waals surface area contributed by atoms with Crippen molar-refractivity contribution in [1.82, 2.24) is 0 Å². The summed E-state index contributed by atoms with van der Waals surface area (Å²) in [5.41, 5.74) is 0.975. The number of nitrogens with one attached hydrogen (secondary N) is 1. The molecular formula is C19H22FN3O3. The molecule has 6 nitrogen and oxygen atoms in total. The molecule has 1 aliphatic heterocycles.